The lowest BCUT2D eigenvalue weighted by molar-refractivity contribution is -0.142. The standard InChI is InChI=1S/C15H19NO4/c1-3-20-15(18)10-11-16-14(17)9-8-12-6-4-5-7-13(12)19-2/h4-9H,3,10-11H2,1-2H3,(H,16,17). The highest BCUT2D eigenvalue weighted by molar-refractivity contribution is 5.92. The van der Waals surface area contributed by atoms with Crippen LogP contribution in [0.25, 0.3) is 6.08 Å². The Kier molecular flexibility index (Phi) is 6.89. The Morgan fingerprint density at radius 1 is 1.30 bits per heavy atom. The minimum atomic E-state index is -0.318. The number of methoxy groups -OCH3 is 1. The highest BCUT2D eigenvalue weighted by Crippen LogP contribution is 2.18. The predicted octanol–water partition coefficient (Wildman–Crippen LogP) is 1.78. The van der Waals surface area contributed by atoms with Crippen LogP contribution in [0, 0.1) is 0 Å². The molecule has 1 amide bonds. The zero-order valence-corrected chi connectivity index (χ0v) is 11.7. The van der Waals surface area contributed by atoms with E-state index in [9.17, 15) is 9.59 Å². The highest BCUT2D eigenvalue weighted by Gasteiger charge is 2.03. The van der Waals surface area contributed by atoms with Gasteiger partial charge in [-0.2, -0.15) is 0 Å². The molecule has 1 aromatic carbocycles. The number of benzene rings is 1. The second-order valence-corrected chi connectivity index (χ2v) is 3.92. The summed E-state index contributed by atoms with van der Waals surface area (Å²) in [6.07, 6.45) is 3.24. The molecule has 0 aliphatic carbocycles. The molecule has 1 N–H and O–H groups in total. The van der Waals surface area contributed by atoms with Crippen LogP contribution in [0.2, 0.25) is 0 Å². The summed E-state index contributed by atoms with van der Waals surface area (Å²) < 4.78 is 9.93. The van der Waals surface area contributed by atoms with Gasteiger partial charge in [0.2, 0.25) is 5.91 Å². The number of hydrogen-bond acceptors (Lipinski definition) is 4. The predicted molar refractivity (Wildman–Crippen MR) is 76.3 cm³/mol. The second-order valence-electron chi connectivity index (χ2n) is 3.92. The zero-order valence-electron chi connectivity index (χ0n) is 11.7. The topological polar surface area (TPSA) is 64.6 Å². The van der Waals surface area contributed by atoms with Gasteiger partial charge in [0.25, 0.3) is 0 Å². The van der Waals surface area contributed by atoms with Crippen LogP contribution in [0.3, 0.4) is 0 Å². The lowest BCUT2D eigenvalue weighted by atomic mass is 10.2. The van der Waals surface area contributed by atoms with Crippen LogP contribution in [0.4, 0.5) is 0 Å². The van der Waals surface area contributed by atoms with Gasteiger partial charge in [-0.25, -0.2) is 0 Å². The van der Waals surface area contributed by atoms with Crippen molar-refractivity contribution in [2.24, 2.45) is 0 Å². The summed E-state index contributed by atoms with van der Waals surface area (Å²) in [5.41, 5.74) is 0.815. The average Bonchev–Trinajstić information content (AvgIpc) is 2.45. The molecule has 0 aliphatic rings. The third-order valence-corrected chi connectivity index (χ3v) is 2.49. The van der Waals surface area contributed by atoms with Crippen LogP contribution in [-0.2, 0) is 14.3 Å². The van der Waals surface area contributed by atoms with Crippen molar-refractivity contribution in [1.29, 1.82) is 0 Å². The molecule has 1 aromatic rings. The Hall–Kier alpha value is -2.30. The number of esters is 1. The SMILES string of the molecule is CCOC(=O)CCNC(=O)C=Cc1ccccc1OC. The Morgan fingerprint density at radius 2 is 2.05 bits per heavy atom. The van der Waals surface area contributed by atoms with Gasteiger partial charge in [0.15, 0.2) is 0 Å². The molecular weight excluding hydrogens is 258 g/mol. The molecule has 0 unspecified atom stereocenters. The molecule has 0 bridgehead atoms. The van der Waals surface area contributed by atoms with E-state index in [1.807, 2.05) is 24.3 Å². The first-order chi connectivity index (χ1) is 9.67. The third-order valence-electron chi connectivity index (χ3n) is 2.49. The molecule has 0 fully saturated rings. The molecule has 0 aromatic heterocycles. The largest absolute Gasteiger partial charge is 0.496 e. The quantitative estimate of drug-likeness (QED) is 0.609. The number of ether oxygens (including phenoxy) is 2. The minimum absolute atomic E-state index is 0.169. The summed E-state index contributed by atoms with van der Waals surface area (Å²) in [5.74, 6) is 0.116. The van der Waals surface area contributed by atoms with Crippen LogP contribution in [-0.4, -0.2) is 32.1 Å². The Morgan fingerprint density at radius 3 is 2.75 bits per heavy atom. The fourth-order valence-corrected chi connectivity index (χ4v) is 1.55. The van der Waals surface area contributed by atoms with Gasteiger partial charge in [0.05, 0.1) is 20.1 Å². The molecule has 20 heavy (non-hydrogen) atoms. The monoisotopic (exact) mass is 277 g/mol. The molecule has 108 valence electrons. The molecule has 0 radical (unpaired) electrons. The van der Waals surface area contributed by atoms with Crippen molar-refractivity contribution >= 4 is 18.0 Å². The molecule has 5 nitrogen and oxygen atoms in total. The van der Waals surface area contributed by atoms with Gasteiger partial charge in [-0.3, -0.25) is 9.59 Å². The lowest BCUT2D eigenvalue weighted by Crippen LogP contribution is -2.24. The molecule has 0 spiro atoms. The highest BCUT2D eigenvalue weighted by atomic mass is 16.5. The average molecular weight is 277 g/mol. The summed E-state index contributed by atoms with van der Waals surface area (Å²) in [6, 6.07) is 7.38. The van der Waals surface area contributed by atoms with Gasteiger partial charge in [0.1, 0.15) is 5.75 Å². The maximum absolute atomic E-state index is 11.6. The first kappa shape index (κ1) is 15.8. The first-order valence-corrected chi connectivity index (χ1v) is 6.42. The van der Waals surface area contributed by atoms with Gasteiger partial charge in [-0.15, -0.1) is 0 Å². The van der Waals surface area contributed by atoms with Crippen molar-refractivity contribution in [3.63, 3.8) is 0 Å². The van der Waals surface area contributed by atoms with E-state index >= 15 is 0 Å². The van der Waals surface area contributed by atoms with E-state index in [1.165, 1.54) is 6.08 Å². The Bertz CT molecular complexity index is 483. The molecule has 0 saturated carbocycles. The van der Waals surface area contributed by atoms with Crippen molar-refractivity contribution in [2.45, 2.75) is 13.3 Å². The minimum Gasteiger partial charge on any atom is -0.496 e. The number of carbonyl (C=O) groups is 2. The van der Waals surface area contributed by atoms with E-state index in [4.69, 9.17) is 9.47 Å². The number of nitrogens with one attached hydrogen (secondary N) is 1. The van der Waals surface area contributed by atoms with E-state index in [0.29, 0.717) is 12.4 Å². The van der Waals surface area contributed by atoms with Crippen LogP contribution >= 0.6 is 0 Å². The van der Waals surface area contributed by atoms with Crippen molar-refractivity contribution in [3.8, 4) is 5.75 Å². The van der Waals surface area contributed by atoms with E-state index in [2.05, 4.69) is 5.32 Å². The zero-order chi connectivity index (χ0) is 14.8. The molecule has 1 rings (SSSR count). The number of rotatable bonds is 7. The number of hydrogen-bond donors (Lipinski definition) is 1. The van der Waals surface area contributed by atoms with E-state index in [-0.39, 0.29) is 24.8 Å². The number of carbonyl (C=O) groups excluding carboxylic acids is 2. The maximum atomic E-state index is 11.6. The van der Waals surface area contributed by atoms with Gasteiger partial charge in [-0.1, -0.05) is 18.2 Å². The van der Waals surface area contributed by atoms with E-state index in [0.717, 1.165) is 5.56 Å². The second kappa shape index (κ2) is 8.74. The molecule has 0 aliphatic heterocycles. The first-order valence-electron chi connectivity index (χ1n) is 6.42. The molecular formula is C15H19NO4. The van der Waals surface area contributed by atoms with Crippen molar-refractivity contribution in [3.05, 3.63) is 35.9 Å². The van der Waals surface area contributed by atoms with Crippen LogP contribution in [0.15, 0.2) is 30.3 Å². The summed E-state index contributed by atoms with van der Waals surface area (Å²) in [5, 5.41) is 2.61. The smallest absolute Gasteiger partial charge is 0.307 e. The van der Waals surface area contributed by atoms with E-state index < -0.39 is 0 Å². The van der Waals surface area contributed by atoms with Crippen LogP contribution in [0.5, 0.6) is 5.75 Å². The van der Waals surface area contributed by atoms with Crippen molar-refractivity contribution < 1.29 is 19.1 Å². The summed E-state index contributed by atoms with van der Waals surface area (Å²) in [7, 11) is 1.58. The maximum Gasteiger partial charge on any atom is 0.307 e. The normalized spacial score (nSPS) is 10.3. The van der Waals surface area contributed by atoms with Crippen molar-refractivity contribution in [1.82, 2.24) is 5.32 Å². The van der Waals surface area contributed by atoms with Crippen LogP contribution in [0.1, 0.15) is 18.9 Å². The number of amides is 1. The van der Waals surface area contributed by atoms with Gasteiger partial charge in [0, 0.05) is 18.2 Å². The van der Waals surface area contributed by atoms with Crippen LogP contribution < -0.4 is 10.1 Å². The van der Waals surface area contributed by atoms with Gasteiger partial charge >= 0.3 is 5.97 Å². The fraction of sp³-hybridized carbons (Fsp3) is 0.333. The summed E-state index contributed by atoms with van der Waals surface area (Å²) >= 11 is 0. The molecule has 0 heterocycles. The van der Waals surface area contributed by atoms with Gasteiger partial charge < -0.3 is 14.8 Å². The number of para-hydroxylation sites is 1. The Labute approximate surface area is 118 Å². The molecule has 5 heteroatoms. The molecule has 0 saturated heterocycles. The van der Waals surface area contributed by atoms with Crippen molar-refractivity contribution in [2.75, 3.05) is 20.3 Å². The fourth-order valence-electron chi connectivity index (χ4n) is 1.55. The Balaban J connectivity index is 2.42. The third kappa shape index (κ3) is 5.56. The summed E-state index contributed by atoms with van der Waals surface area (Å²) in [6.45, 7) is 2.35. The molecule has 0 atom stereocenters. The summed E-state index contributed by atoms with van der Waals surface area (Å²) in [4.78, 5) is 22.6. The van der Waals surface area contributed by atoms with E-state index in [1.54, 1.807) is 20.1 Å². The van der Waals surface area contributed by atoms with Gasteiger partial charge in [-0.05, 0) is 19.1 Å². The lowest BCUT2D eigenvalue weighted by Gasteiger charge is -2.04.